The van der Waals surface area contributed by atoms with Crippen molar-refractivity contribution >= 4 is 17.6 Å². The van der Waals surface area contributed by atoms with E-state index in [9.17, 15) is 9.59 Å². The van der Waals surface area contributed by atoms with Crippen LogP contribution in [0.3, 0.4) is 0 Å². The lowest BCUT2D eigenvalue weighted by atomic mass is 10.3. The normalized spacial score (nSPS) is 10.2. The van der Waals surface area contributed by atoms with E-state index in [1.54, 1.807) is 50.6 Å². The number of carboxylic acid groups (broad SMARTS) is 1. The van der Waals surface area contributed by atoms with Crippen LogP contribution in [0.1, 0.15) is 16.1 Å². The molecule has 0 aliphatic rings. The molecule has 21 heavy (non-hydrogen) atoms. The van der Waals surface area contributed by atoms with Crippen molar-refractivity contribution in [3.05, 3.63) is 47.8 Å². The molecule has 0 aliphatic carbocycles. The Morgan fingerprint density at radius 1 is 1.24 bits per heavy atom. The van der Waals surface area contributed by atoms with Crippen molar-refractivity contribution in [3.63, 3.8) is 0 Å². The summed E-state index contributed by atoms with van der Waals surface area (Å²) in [6, 6.07) is 8.58. The number of aromatic carboxylic acids is 1. The molecule has 0 fully saturated rings. The van der Waals surface area contributed by atoms with Crippen LogP contribution in [0.15, 0.2) is 36.5 Å². The van der Waals surface area contributed by atoms with Crippen LogP contribution in [0.2, 0.25) is 0 Å². The van der Waals surface area contributed by atoms with Gasteiger partial charge in [0.25, 0.3) is 0 Å². The number of methoxy groups -OCH3 is 1. The number of benzene rings is 1. The zero-order valence-electron chi connectivity index (χ0n) is 11.8. The molecular formula is C15H16N2O4. The fourth-order valence-corrected chi connectivity index (χ4v) is 2.03. The molecule has 2 rings (SSSR count). The van der Waals surface area contributed by atoms with E-state index in [1.165, 1.54) is 4.57 Å². The molecule has 2 aromatic rings. The predicted molar refractivity (Wildman–Crippen MR) is 77.8 cm³/mol. The van der Waals surface area contributed by atoms with Gasteiger partial charge in [0.15, 0.2) is 0 Å². The summed E-state index contributed by atoms with van der Waals surface area (Å²) in [7, 11) is 1.56. The third kappa shape index (κ3) is 3.42. The number of carbonyl (C=O) groups is 2. The molecule has 6 nitrogen and oxygen atoms in total. The predicted octanol–water partition coefficient (Wildman–Crippen LogP) is 2.14. The first-order chi connectivity index (χ1) is 10.0. The molecule has 1 amide bonds. The first-order valence-corrected chi connectivity index (χ1v) is 6.34. The number of nitrogens with zero attached hydrogens (tertiary/aromatic N) is 1. The average molecular weight is 288 g/mol. The third-order valence-corrected chi connectivity index (χ3v) is 3.06. The largest absolute Gasteiger partial charge is 0.497 e. The highest BCUT2D eigenvalue weighted by Gasteiger charge is 2.15. The second kappa shape index (κ2) is 6.13. The van der Waals surface area contributed by atoms with Gasteiger partial charge in [0, 0.05) is 11.9 Å². The van der Waals surface area contributed by atoms with Crippen molar-refractivity contribution in [2.75, 3.05) is 12.4 Å². The van der Waals surface area contributed by atoms with Crippen LogP contribution >= 0.6 is 0 Å². The van der Waals surface area contributed by atoms with Crippen LogP contribution in [-0.2, 0) is 11.3 Å². The molecule has 0 unspecified atom stereocenters. The van der Waals surface area contributed by atoms with E-state index < -0.39 is 5.97 Å². The van der Waals surface area contributed by atoms with Gasteiger partial charge in [0.2, 0.25) is 5.91 Å². The number of nitrogens with one attached hydrogen (secondary N) is 1. The number of hydrogen-bond acceptors (Lipinski definition) is 3. The van der Waals surface area contributed by atoms with Crippen molar-refractivity contribution < 1.29 is 19.4 Å². The molecule has 0 aliphatic heterocycles. The topological polar surface area (TPSA) is 80.6 Å². The van der Waals surface area contributed by atoms with Gasteiger partial charge in [-0.25, -0.2) is 4.79 Å². The molecular weight excluding hydrogens is 272 g/mol. The van der Waals surface area contributed by atoms with Gasteiger partial charge in [-0.05, 0) is 42.8 Å². The number of amides is 1. The van der Waals surface area contributed by atoms with Gasteiger partial charge in [-0.3, -0.25) is 4.79 Å². The van der Waals surface area contributed by atoms with Gasteiger partial charge in [0.1, 0.15) is 18.0 Å². The van der Waals surface area contributed by atoms with E-state index in [0.29, 0.717) is 17.0 Å². The van der Waals surface area contributed by atoms with E-state index in [-0.39, 0.29) is 18.1 Å². The quantitative estimate of drug-likeness (QED) is 0.883. The SMILES string of the molecule is COc1ccc(NC(=O)Cn2ccc(C)c2C(=O)O)cc1. The second-order valence-corrected chi connectivity index (χ2v) is 4.56. The van der Waals surface area contributed by atoms with Crippen molar-refractivity contribution in [1.82, 2.24) is 4.57 Å². The fourth-order valence-electron chi connectivity index (χ4n) is 2.03. The number of ether oxygens (including phenoxy) is 1. The maximum Gasteiger partial charge on any atom is 0.352 e. The van der Waals surface area contributed by atoms with E-state index in [2.05, 4.69) is 5.32 Å². The minimum absolute atomic E-state index is 0.0541. The highest BCUT2D eigenvalue weighted by Crippen LogP contribution is 2.15. The van der Waals surface area contributed by atoms with E-state index in [0.717, 1.165) is 0 Å². The summed E-state index contributed by atoms with van der Waals surface area (Å²) in [5, 5.41) is 11.8. The minimum Gasteiger partial charge on any atom is -0.497 e. The maximum absolute atomic E-state index is 12.0. The highest BCUT2D eigenvalue weighted by molar-refractivity contribution is 5.92. The molecule has 0 radical (unpaired) electrons. The summed E-state index contributed by atoms with van der Waals surface area (Å²) in [5.41, 5.74) is 1.38. The Morgan fingerprint density at radius 3 is 2.48 bits per heavy atom. The number of carboxylic acids is 1. The Kier molecular flexibility index (Phi) is 4.27. The lowest BCUT2D eigenvalue weighted by Gasteiger charge is -2.09. The first kappa shape index (κ1) is 14.6. The molecule has 0 spiro atoms. The number of hydrogen-bond donors (Lipinski definition) is 2. The number of carbonyl (C=O) groups excluding carboxylic acids is 1. The summed E-state index contributed by atoms with van der Waals surface area (Å²) < 4.78 is 6.45. The van der Waals surface area contributed by atoms with E-state index >= 15 is 0 Å². The maximum atomic E-state index is 12.0. The van der Waals surface area contributed by atoms with Crippen molar-refractivity contribution in [2.45, 2.75) is 13.5 Å². The number of aryl methyl sites for hydroxylation is 1. The molecule has 6 heteroatoms. The number of anilines is 1. The smallest absolute Gasteiger partial charge is 0.352 e. The molecule has 0 bridgehead atoms. The van der Waals surface area contributed by atoms with Crippen LogP contribution in [0.4, 0.5) is 5.69 Å². The second-order valence-electron chi connectivity index (χ2n) is 4.56. The molecule has 2 N–H and O–H groups in total. The van der Waals surface area contributed by atoms with Gasteiger partial charge in [-0.2, -0.15) is 0 Å². The number of rotatable bonds is 5. The minimum atomic E-state index is -1.05. The Hall–Kier alpha value is -2.76. The molecule has 0 saturated heterocycles. The van der Waals surface area contributed by atoms with Crippen LogP contribution in [0.25, 0.3) is 0 Å². The highest BCUT2D eigenvalue weighted by atomic mass is 16.5. The average Bonchev–Trinajstić information content (AvgIpc) is 2.80. The van der Waals surface area contributed by atoms with Crippen molar-refractivity contribution in [3.8, 4) is 5.75 Å². The van der Waals surface area contributed by atoms with Crippen molar-refractivity contribution in [1.29, 1.82) is 0 Å². The Balaban J connectivity index is 2.06. The van der Waals surface area contributed by atoms with Crippen LogP contribution in [0.5, 0.6) is 5.75 Å². The van der Waals surface area contributed by atoms with Crippen molar-refractivity contribution in [2.24, 2.45) is 0 Å². The Bertz CT molecular complexity index is 659. The van der Waals surface area contributed by atoms with Crippen LogP contribution in [-0.4, -0.2) is 28.7 Å². The summed E-state index contributed by atoms with van der Waals surface area (Å²) in [5.74, 6) is -0.643. The molecule has 110 valence electrons. The number of aromatic nitrogens is 1. The van der Waals surface area contributed by atoms with Crippen LogP contribution < -0.4 is 10.1 Å². The molecule has 1 aromatic heterocycles. The first-order valence-electron chi connectivity index (χ1n) is 6.34. The lowest BCUT2D eigenvalue weighted by Crippen LogP contribution is -2.21. The Labute approximate surface area is 122 Å². The van der Waals surface area contributed by atoms with Gasteiger partial charge in [0.05, 0.1) is 7.11 Å². The summed E-state index contributed by atoms with van der Waals surface area (Å²) in [4.78, 5) is 23.1. The van der Waals surface area contributed by atoms with Crippen LogP contribution in [0, 0.1) is 6.92 Å². The van der Waals surface area contributed by atoms with E-state index in [4.69, 9.17) is 9.84 Å². The summed E-state index contributed by atoms with van der Waals surface area (Å²) >= 11 is 0. The van der Waals surface area contributed by atoms with Gasteiger partial charge >= 0.3 is 5.97 Å². The summed E-state index contributed by atoms with van der Waals surface area (Å²) in [6.07, 6.45) is 1.59. The van der Waals surface area contributed by atoms with Gasteiger partial charge < -0.3 is 19.7 Å². The van der Waals surface area contributed by atoms with Gasteiger partial charge in [-0.1, -0.05) is 0 Å². The zero-order chi connectivity index (χ0) is 15.4. The third-order valence-electron chi connectivity index (χ3n) is 3.06. The molecule has 1 aromatic carbocycles. The monoisotopic (exact) mass is 288 g/mol. The fraction of sp³-hybridized carbons (Fsp3) is 0.200. The van der Waals surface area contributed by atoms with Gasteiger partial charge in [-0.15, -0.1) is 0 Å². The molecule has 0 atom stereocenters. The molecule has 1 heterocycles. The zero-order valence-corrected chi connectivity index (χ0v) is 11.8. The van der Waals surface area contributed by atoms with E-state index in [1.807, 2.05) is 0 Å². The lowest BCUT2D eigenvalue weighted by molar-refractivity contribution is -0.116. The standard InChI is InChI=1S/C15H16N2O4/c1-10-7-8-17(14(10)15(19)20)9-13(18)16-11-3-5-12(21-2)6-4-11/h3-8H,9H2,1-2H3,(H,16,18)(H,19,20). The summed E-state index contributed by atoms with van der Waals surface area (Å²) in [6.45, 7) is 1.64. The Morgan fingerprint density at radius 2 is 1.90 bits per heavy atom. The molecule has 0 saturated carbocycles.